The maximum Gasteiger partial charge on any atom is 0.330 e. The molecule has 0 aliphatic carbocycles. The third-order valence-electron chi connectivity index (χ3n) is 5.52. The van der Waals surface area contributed by atoms with Gasteiger partial charge in [0.15, 0.2) is 8.32 Å². The summed E-state index contributed by atoms with van der Waals surface area (Å²) in [6, 6.07) is 0. The fourth-order valence-corrected chi connectivity index (χ4v) is 4.22. The summed E-state index contributed by atoms with van der Waals surface area (Å²) in [7, 11) is -2.03. The quantitative estimate of drug-likeness (QED) is 0.468. The zero-order chi connectivity index (χ0) is 20.4. The Labute approximate surface area is 161 Å². The van der Waals surface area contributed by atoms with Gasteiger partial charge in [0, 0.05) is 31.3 Å². The molecule has 27 heavy (non-hydrogen) atoms. The molecule has 1 aliphatic heterocycles. The summed E-state index contributed by atoms with van der Waals surface area (Å²) in [5, 5.41) is 12.2. The maximum absolute atomic E-state index is 12.2. The third kappa shape index (κ3) is 5.17. The van der Waals surface area contributed by atoms with Crippen LogP contribution in [-0.4, -0.2) is 54.9 Å². The number of rotatable bonds is 7. The van der Waals surface area contributed by atoms with Crippen molar-refractivity contribution in [2.45, 2.75) is 70.7 Å². The second kappa shape index (κ2) is 8.40. The number of hydrogen-bond acceptors (Lipinski definition) is 6. The average Bonchev–Trinajstić information content (AvgIpc) is 2.92. The van der Waals surface area contributed by atoms with Crippen LogP contribution < -0.4 is 16.6 Å². The summed E-state index contributed by atoms with van der Waals surface area (Å²) in [5.74, 6) is 0. The van der Waals surface area contributed by atoms with Gasteiger partial charge >= 0.3 is 5.69 Å². The number of nitrogens with one attached hydrogen (secondary N) is 2. The van der Waals surface area contributed by atoms with Gasteiger partial charge in [0.05, 0.1) is 18.8 Å². The minimum atomic E-state index is -2.03. The topological polar surface area (TPSA) is 106 Å². The van der Waals surface area contributed by atoms with E-state index in [0.29, 0.717) is 25.1 Å². The molecule has 1 aromatic heterocycles. The lowest BCUT2D eigenvalue weighted by atomic mass is 10.2. The highest BCUT2D eigenvalue weighted by atomic mass is 28.4. The van der Waals surface area contributed by atoms with Crippen LogP contribution in [0.15, 0.2) is 15.8 Å². The summed E-state index contributed by atoms with van der Waals surface area (Å²) in [6.07, 6.45) is 1.17. The molecule has 3 atom stereocenters. The number of aryl methyl sites for hydroxylation is 1. The van der Waals surface area contributed by atoms with Crippen LogP contribution >= 0.6 is 0 Å². The lowest BCUT2D eigenvalue weighted by Crippen LogP contribution is -2.47. The third-order valence-corrected chi connectivity index (χ3v) is 10.0. The fraction of sp³-hybridized carbons (Fsp3) is 0.778. The minimum Gasteiger partial charge on any atom is -0.411 e. The molecule has 0 unspecified atom stereocenters. The first-order valence-corrected chi connectivity index (χ1v) is 12.3. The number of aromatic nitrogens is 2. The molecule has 1 saturated heterocycles. The molecule has 0 spiro atoms. The number of H-pyrrole nitrogens is 1. The Kier molecular flexibility index (Phi) is 6.85. The van der Waals surface area contributed by atoms with Gasteiger partial charge in [-0.2, -0.15) is 0 Å². The summed E-state index contributed by atoms with van der Waals surface area (Å²) < 4.78 is 14.1. The largest absolute Gasteiger partial charge is 0.411 e. The first-order chi connectivity index (χ1) is 12.5. The van der Waals surface area contributed by atoms with Crippen molar-refractivity contribution >= 4 is 8.32 Å². The molecule has 2 rings (SSSR count). The van der Waals surface area contributed by atoms with Gasteiger partial charge in [0.25, 0.3) is 5.56 Å². The Morgan fingerprint density at radius 3 is 2.67 bits per heavy atom. The predicted octanol–water partition coefficient (Wildman–Crippen LogP) is 1.10. The second-order valence-electron chi connectivity index (χ2n) is 8.69. The Morgan fingerprint density at radius 1 is 1.41 bits per heavy atom. The smallest absolute Gasteiger partial charge is 0.330 e. The molecule has 0 aromatic carbocycles. The highest BCUT2D eigenvalue weighted by Gasteiger charge is 2.45. The summed E-state index contributed by atoms with van der Waals surface area (Å²) in [4.78, 5) is 26.2. The van der Waals surface area contributed by atoms with E-state index in [1.54, 1.807) is 13.1 Å². The molecule has 0 radical (unpaired) electrons. The number of aliphatic hydroxyl groups excluding tert-OH is 1. The second-order valence-corrected chi connectivity index (χ2v) is 13.4. The van der Waals surface area contributed by atoms with E-state index in [4.69, 9.17) is 14.3 Å². The molecule has 154 valence electrons. The Bertz CT molecular complexity index is 753. The van der Waals surface area contributed by atoms with Crippen molar-refractivity contribution in [3.05, 3.63) is 32.6 Å². The van der Waals surface area contributed by atoms with Crippen molar-refractivity contribution in [2.75, 3.05) is 19.7 Å². The van der Waals surface area contributed by atoms with E-state index >= 15 is 0 Å². The van der Waals surface area contributed by atoms with Crippen molar-refractivity contribution < 1.29 is 14.3 Å². The zero-order valence-corrected chi connectivity index (χ0v) is 18.2. The van der Waals surface area contributed by atoms with Gasteiger partial charge in [0.1, 0.15) is 6.23 Å². The van der Waals surface area contributed by atoms with E-state index < -0.39 is 20.2 Å². The lowest BCUT2D eigenvalue weighted by molar-refractivity contribution is -0.0176. The fourth-order valence-electron chi connectivity index (χ4n) is 2.86. The zero-order valence-electron chi connectivity index (χ0n) is 17.2. The summed E-state index contributed by atoms with van der Waals surface area (Å²) in [5.41, 5.74) is -0.406. The first kappa shape index (κ1) is 22.0. The predicted molar refractivity (Wildman–Crippen MR) is 107 cm³/mol. The molecule has 1 aromatic rings. The van der Waals surface area contributed by atoms with E-state index in [0.717, 1.165) is 0 Å². The van der Waals surface area contributed by atoms with Crippen LogP contribution in [-0.2, 0) is 9.16 Å². The van der Waals surface area contributed by atoms with Crippen LogP contribution in [0, 0.1) is 6.92 Å². The normalized spacial score (nSPS) is 23.7. The van der Waals surface area contributed by atoms with Crippen LogP contribution in [0.2, 0.25) is 18.1 Å². The Balaban J connectivity index is 2.25. The van der Waals surface area contributed by atoms with E-state index in [2.05, 4.69) is 44.2 Å². The summed E-state index contributed by atoms with van der Waals surface area (Å²) >= 11 is 0. The van der Waals surface area contributed by atoms with E-state index in [-0.39, 0.29) is 29.4 Å². The van der Waals surface area contributed by atoms with Gasteiger partial charge in [-0.25, -0.2) is 4.79 Å². The number of aliphatic hydroxyl groups is 1. The van der Waals surface area contributed by atoms with Gasteiger partial charge < -0.3 is 19.6 Å². The number of hydrogen-bond donors (Lipinski definition) is 3. The molecule has 2 heterocycles. The standard InChI is InChI=1S/C18H33N3O5Si/c1-12-11-21(17(24)20-16(12)23)15-9-13(14(25-15)10-19-7-8-22)26-27(5,6)18(2,3)4/h11,13-15,19,22H,7-10H2,1-6H3,(H,20,23,24)/t13-,14+,15+/m0/s1. The van der Waals surface area contributed by atoms with Crippen LogP contribution in [0.1, 0.15) is 39.0 Å². The van der Waals surface area contributed by atoms with Gasteiger partial charge in [-0.15, -0.1) is 0 Å². The lowest BCUT2D eigenvalue weighted by Gasteiger charge is -2.39. The van der Waals surface area contributed by atoms with Gasteiger partial charge in [-0.05, 0) is 25.1 Å². The van der Waals surface area contributed by atoms with Crippen LogP contribution in [0.25, 0.3) is 0 Å². The number of aromatic amines is 1. The molecule has 0 saturated carbocycles. The van der Waals surface area contributed by atoms with Crippen molar-refractivity contribution in [2.24, 2.45) is 0 Å². The maximum atomic E-state index is 12.2. The van der Waals surface area contributed by atoms with Crippen molar-refractivity contribution in [3.63, 3.8) is 0 Å². The highest BCUT2D eigenvalue weighted by Crippen LogP contribution is 2.40. The molecule has 3 N–H and O–H groups in total. The average molecular weight is 400 g/mol. The number of nitrogens with zero attached hydrogens (tertiary/aromatic N) is 1. The molecule has 0 bridgehead atoms. The van der Waals surface area contributed by atoms with Gasteiger partial charge in [-0.3, -0.25) is 14.3 Å². The first-order valence-electron chi connectivity index (χ1n) is 9.43. The van der Waals surface area contributed by atoms with Crippen molar-refractivity contribution in [3.8, 4) is 0 Å². The van der Waals surface area contributed by atoms with Crippen LogP contribution in [0.4, 0.5) is 0 Å². The molecular formula is C18H33N3O5Si. The SMILES string of the molecule is Cc1cn([C@H]2C[C@H](O[Si](C)(C)C(C)(C)C)[C@@H](CNCCO)O2)c(=O)[nH]c1=O. The molecule has 1 fully saturated rings. The Hall–Kier alpha value is -1.26. The minimum absolute atomic E-state index is 0.0441. The highest BCUT2D eigenvalue weighted by molar-refractivity contribution is 6.74. The molecule has 8 nitrogen and oxygen atoms in total. The molecule has 1 aliphatic rings. The van der Waals surface area contributed by atoms with E-state index in [1.165, 1.54) is 4.57 Å². The van der Waals surface area contributed by atoms with Crippen LogP contribution in [0.5, 0.6) is 0 Å². The monoisotopic (exact) mass is 399 g/mol. The van der Waals surface area contributed by atoms with Crippen molar-refractivity contribution in [1.29, 1.82) is 0 Å². The molecule has 0 amide bonds. The van der Waals surface area contributed by atoms with Crippen molar-refractivity contribution in [1.82, 2.24) is 14.9 Å². The number of ether oxygens (including phenoxy) is 1. The summed E-state index contributed by atoms with van der Waals surface area (Å²) in [6.45, 7) is 13.6. The van der Waals surface area contributed by atoms with E-state index in [1.807, 2.05) is 0 Å². The van der Waals surface area contributed by atoms with Gasteiger partial charge in [0.2, 0.25) is 0 Å². The van der Waals surface area contributed by atoms with E-state index in [9.17, 15) is 9.59 Å². The molecular weight excluding hydrogens is 366 g/mol. The van der Waals surface area contributed by atoms with Crippen LogP contribution in [0.3, 0.4) is 0 Å². The molecule has 9 heteroatoms. The Morgan fingerprint density at radius 2 is 2.07 bits per heavy atom. The van der Waals surface area contributed by atoms with Gasteiger partial charge in [-0.1, -0.05) is 20.8 Å².